The molecular weight excluding hydrogens is 310 g/mol. The number of fused-ring (bicyclic) bond motifs is 3. The molecule has 0 atom stereocenters. The Morgan fingerprint density at radius 3 is 2.87 bits per heavy atom. The predicted molar refractivity (Wildman–Crippen MR) is 89.4 cm³/mol. The summed E-state index contributed by atoms with van der Waals surface area (Å²) in [6.45, 7) is 8.76. The van der Waals surface area contributed by atoms with Crippen LogP contribution in [0.15, 0.2) is 6.20 Å². The highest BCUT2D eigenvalue weighted by Gasteiger charge is 2.28. The van der Waals surface area contributed by atoms with Crippen molar-refractivity contribution in [3.63, 3.8) is 0 Å². The fourth-order valence-corrected chi connectivity index (χ4v) is 4.08. The van der Waals surface area contributed by atoms with E-state index in [2.05, 4.69) is 11.1 Å². The predicted octanol–water partition coefficient (Wildman–Crippen LogP) is 3.77. The molecule has 2 aromatic rings. The van der Waals surface area contributed by atoms with Crippen molar-refractivity contribution in [2.45, 2.75) is 46.3 Å². The summed E-state index contributed by atoms with van der Waals surface area (Å²) < 4.78 is 5.46. The van der Waals surface area contributed by atoms with Crippen molar-refractivity contribution >= 4 is 27.6 Å². The lowest BCUT2D eigenvalue weighted by molar-refractivity contribution is 0.0227. The van der Waals surface area contributed by atoms with Crippen molar-refractivity contribution in [1.29, 1.82) is 5.26 Å². The van der Waals surface area contributed by atoms with E-state index in [-0.39, 0.29) is 6.09 Å². The molecule has 23 heavy (non-hydrogen) atoms. The first-order chi connectivity index (χ1) is 10.8. The van der Waals surface area contributed by atoms with Crippen LogP contribution in [0.5, 0.6) is 0 Å². The molecule has 0 bridgehead atoms. The van der Waals surface area contributed by atoms with E-state index in [9.17, 15) is 10.1 Å². The van der Waals surface area contributed by atoms with Crippen LogP contribution in [0.3, 0.4) is 0 Å². The SMILES string of the molecule is Cc1c(C#N)cnc2sc3c(c12)CCN(C(=O)OC(C)(C)C)C3. The number of hydrogen-bond donors (Lipinski definition) is 0. The van der Waals surface area contributed by atoms with Gasteiger partial charge >= 0.3 is 6.09 Å². The van der Waals surface area contributed by atoms with Crippen molar-refractivity contribution in [3.8, 4) is 6.07 Å². The Morgan fingerprint density at radius 2 is 2.22 bits per heavy atom. The van der Waals surface area contributed by atoms with Gasteiger partial charge in [0.15, 0.2) is 0 Å². The van der Waals surface area contributed by atoms with E-state index in [1.54, 1.807) is 22.4 Å². The highest BCUT2D eigenvalue weighted by molar-refractivity contribution is 7.18. The van der Waals surface area contributed by atoms with Gasteiger partial charge in [-0.1, -0.05) is 0 Å². The van der Waals surface area contributed by atoms with Crippen LogP contribution in [0.4, 0.5) is 4.79 Å². The molecule has 0 saturated heterocycles. The minimum atomic E-state index is -0.489. The van der Waals surface area contributed by atoms with E-state index in [4.69, 9.17) is 4.74 Å². The first kappa shape index (κ1) is 15.8. The summed E-state index contributed by atoms with van der Waals surface area (Å²) in [7, 11) is 0. The van der Waals surface area contributed by atoms with Gasteiger partial charge in [0.25, 0.3) is 0 Å². The standard InChI is InChI=1S/C17H19N3O2S/c1-10-11(7-18)8-19-15-14(10)12-5-6-20(9-13(12)23-15)16(21)22-17(2,3)4/h8H,5-6,9H2,1-4H3. The van der Waals surface area contributed by atoms with E-state index in [0.717, 1.165) is 27.1 Å². The minimum Gasteiger partial charge on any atom is -0.444 e. The number of amides is 1. The van der Waals surface area contributed by atoms with Gasteiger partial charge in [-0.25, -0.2) is 9.78 Å². The van der Waals surface area contributed by atoms with Crippen LogP contribution in [0.1, 0.15) is 42.3 Å². The van der Waals surface area contributed by atoms with Crippen LogP contribution in [-0.4, -0.2) is 28.1 Å². The Labute approximate surface area is 139 Å². The summed E-state index contributed by atoms with van der Waals surface area (Å²) in [6, 6.07) is 2.19. The average molecular weight is 329 g/mol. The zero-order valence-corrected chi connectivity index (χ0v) is 14.6. The van der Waals surface area contributed by atoms with Crippen molar-refractivity contribution in [2.24, 2.45) is 0 Å². The number of carbonyl (C=O) groups is 1. The van der Waals surface area contributed by atoms with Crippen molar-refractivity contribution in [3.05, 3.63) is 27.8 Å². The summed E-state index contributed by atoms with van der Waals surface area (Å²) in [4.78, 5) is 20.5. The molecule has 1 aliphatic rings. The van der Waals surface area contributed by atoms with Gasteiger partial charge < -0.3 is 9.64 Å². The number of rotatable bonds is 0. The van der Waals surface area contributed by atoms with E-state index < -0.39 is 5.60 Å². The average Bonchev–Trinajstić information content (AvgIpc) is 2.84. The van der Waals surface area contributed by atoms with E-state index in [1.165, 1.54) is 5.56 Å². The Balaban J connectivity index is 1.94. The molecule has 3 rings (SSSR count). The summed E-state index contributed by atoms with van der Waals surface area (Å²) in [5, 5.41) is 10.3. The molecule has 0 unspecified atom stereocenters. The minimum absolute atomic E-state index is 0.275. The zero-order chi connectivity index (χ0) is 16.8. The third kappa shape index (κ3) is 2.89. The molecular formula is C17H19N3O2S. The Kier molecular flexibility index (Phi) is 3.77. The van der Waals surface area contributed by atoms with Crippen LogP contribution in [0.25, 0.3) is 10.2 Å². The van der Waals surface area contributed by atoms with Crippen molar-refractivity contribution in [2.75, 3.05) is 6.54 Å². The van der Waals surface area contributed by atoms with Gasteiger partial charge in [0, 0.05) is 23.0 Å². The van der Waals surface area contributed by atoms with Gasteiger partial charge in [0.2, 0.25) is 0 Å². The van der Waals surface area contributed by atoms with Gasteiger partial charge in [0.05, 0.1) is 12.1 Å². The molecule has 1 amide bonds. The maximum Gasteiger partial charge on any atom is 0.410 e. The largest absolute Gasteiger partial charge is 0.444 e. The number of thiophene rings is 1. The normalized spacial score (nSPS) is 14.5. The number of pyridine rings is 1. The lowest BCUT2D eigenvalue weighted by Gasteiger charge is -2.30. The molecule has 2 aromatic heterocycles. The molecule has 0 aliphatic carbocycles. The summed E-state index contributed by atoms with van der Waals surface area (Å²) >= 11 is 1.60. The fourth-order valence-electron chi connectivity index (χ4n) is 2.82. The number of nitriles is 1. The fraction of sp³-hybridized carbons (Fsp3) is 0.471. The number of aromatic nitrogens is 1. The van der Waals surface area contributed by atoms with Gasteiger partial charge in [0.1, 0.15) is 16.5 Å². The van der Waals surface area contributed by atoms with Crippen molar-refractivity contribution in [1.82, 2.24) is 9.88 Å². The smallest absolute Gasteiger partial charge is 0.410 e. The second-order valence-electron chi connectivity index (χ2n) is 6.74. The van der Waals surface area contributed by atoms with Gasteiger partial charge in [-0.05, 0) is 45.2 Å². The molecule has 5 nitrogen and oxygen atoms in total. The highest BCUT2D eigenvalue weighted by atomic mass is 32.1. The first-order valence-electron chi connectivity index (χ1n) is 7.58. The van der Waals surface area contributed by atoms with Crippen molar-refractivity contribution < 1.29 is 9.53 Å². The second kappa shape index (κ2) is 5.50. The molecule has 6 heteroatoms. The summed E-state index contributed by atoms with van der Waals surface area (Å²) in [5.41, 5.74) is 2.34. The van der Waals surface area contributed by atoms with E-state index in [0.29, 0.717) is 18.7 Å². The molecule has 1 aliphatic heterocycles. The Morgan fingerprint density at radius 1 is 1.48 bits per heavy atom. The molecule has 120 valence electrons. The number of nitrogens with zero attached hydrogens (tertiary/aromatic N) is 3. The monoisotopic (exact) mass is 329 g/mol. The highest BCUT2D eigenvalue weighted by Crippen LogP contribution is 2.37. The molecule has 0 aromatic carbocycles. The van der Waals surface area contributed by atoms with Gasteiger partial charge in [-0.3, -0.25) is 0 Å². The quantitative estimate of drug-likeness (QED) is 0.738. The zero-order valence-electron chi connectivity index (χ0n) is 13.8. The Bertz CT molecular complexity index is 827. The third-order valence-corrected chi connectivity index (χ3v) is 5.03. The maximum atomic E-state index is 12.3. The number of carbonyl (C=O) groups excluding carboxylic acids is 1. The lowest BCUT2D eigenvalue weighted by Crippen LogP contribution is -2.39. The molecule has 0 spiro atoms. The first-order valence-corrected chi connectivity index (χ1v) is 8.39. The molecule has 0 saturated carbocycles. The molecule has 0 radical (unpaired) electrons. The summed E-state index contributed by atoms with van der Waals surface area (Å²) in [5.74, 6) is 0. The molecule has 0 fully saturated rings. The number of hydrogen-bond acceptors (Lipinski definition) is 5. The lowest BCUT2D eigenvalue weighted by atomic mass is 10.00. The second-order valence-corrected chi connectivity index (χ2v) is 7.83. The number of aryl methyl sites for hydroxylation is 1. The maximum absolute atomic E-state index is 12.3. The third-order valence-electron chi connectivity index (χ3n) is 3.90. The van der Waals surface area contributed by atoms with Gasteiger partial charge in [-0.15, -0.1) is 11.3 Å². The topological polar surface area (TPSA) is 66.2 Å². The molecule has 0 N–H and O–H groups in total. The van der Waals surface area contributed by atoms with Gasteiger partial charge in [-0.2, -0.15) is 5.26 Å². The van der Waals surface area contributed by atoms with Crippen LogP contribution in [0.2, 0.25) is 0 Å². The van der Waals surface area contributed by atoms with Crippen LogP contribution in [-0.2, 0) is 17.7 Å². The van der Waals surface area contributed by atoms with Crippen LogP contribution in [0, 0.1) is 18.3 Å². The number of ether oxygens (including phenoxy) is 1. The summed E-state index contributed by atoms with van der Waals surface area (Å²) in [6.07, 6.45) is 2.13. The Hall–Kier alpha value is -2.13. The molecule has 3 heterocycles. The van der Waals surface area contributed by atoms with Crippen LogP contribution >= 0.6 is 11.3 Å². The van der Waals surface area contributed by atoms with Crippen LogP contribution < -0.4 is 0 Å². The van der Waals surface area contributed by atoms with E-state index in [1.807, 2.05) is 27.7 Å². The van der Waals surface area contributed by atoms with E-state index >= 15 is 0 Å².